The second kappa shape index (κ2) is 7.72. The highest BCUT2D eigenvalue weighted by Gasteiger charge is 2.18. The molecule has 2 aromatic rings. The molecule has 140 valence electrons. The van der Waals surface area contributed by atoms with Crippen LogP contribution in [0, 0.1) is 0 Å². The number of sulfonamides is 1. The Hall–Kier alpha value is -2.63. The van der Waals surface area contributed by atoms with E-state index >= 15 is 0 Å². The molecular weight excluding hydrogens is 384 g/mol. The first kappa shape index (κ1) is 19.7. The highest BCUT2D eigenvalue weighted by Crippen LogP contribution is 2.25. The van der Waals surface area contributed by atoms with Gasteiger partial charge in [-0.2, -0.15) is 8.42 Å². The fourth-order valence-corrected chi connectivity index (χ4v) is 4.32. The van der Waals surface area contributed by atoms with E-state index < -0.39 is 37.6 Å². The topological polar surface area (TPSA) is 150 Å². The first-order valence-corrected chi connectivity index (χ1v) is 10.5. The summed E-state index contributed by atoms with van der Waals surface area (Å²) in [6.07, 6.45) is 0. The van der Waals surface area contributed by atoms with Crippen molar-refractivity contribution in [2.24, 2.45) is 0 Å². The normalized spacial score (nSPS) is 11.7. The monoisotopic (exact) mass is 400 g/mol. The minimum Gasteiger partial charge on any atom is -0.478 e. The number of carboxylic acid groups (broad SMARTS) is 1. The molecule has 0 fully saturated rings. The lowest BCUT2D eigenvalue weighted by molar-refractivity contribution is 0.0698. The minimum atomic E-state index is -4.44. The summed E-state index contributed by atoms with van der Waals surface area (Å²) in [7, 11) is -8.52. The van der Waals surface area contributed by atoms with Gasteiger partial charge in [0, 0.05) is 11.4 Å². The van der Waals surface area contributed by atoms with Crippen LogP contribution < -0.4 is 10.0 Å². The lowest BCUT2D eigenvalue weighted by Gasteiger charge is -2.13. The summed E-state index contributed by atoms with van der Waals surface area (Å²) in [5.74, 6) is -3.11. The van der Waals surface area contributed by atoms with E-state index in [4.69, 9.17) is 4.55 Å². The minimum absolute atomic E-state index is 0.0450. The molecule has 0 heterocycles. The first-order chi connectivity index (χ1) is 12.1. The van der Waals surface area contributed by atoms with Crippen LogP contribution in [0.5, 0.6) is 0 Å². The van der Waals surface area contributed by atoms with Crippen molar-refractivity contribution in [3.8, 4) is 0 Å². The number of hydrogen-bond donors (Lipinski definition) is 4. The zero-order valence-corrected chi connectivity index (χ0v) is 14.9. The number of anilines is 3. The molecule has 0 aromatic heterocycles. The predicted molar refractivity (Wildman–Crippen MR) is 97.0 cm³/mol. The summed E-state index contributed by atoms with van der Waals surface area (Å²) in [5.41, 5.74) is 0.682. The number of para-hydroxylation sites is 1. The van der Waals surface area contributed by atoms with Crippen LogP contribution in [0.25, 0.3) is 0 Å². The number of aromatic carboxylic acids is 1. The van der Waals surface area contributed by atoms with Gasteiger partial charge in [0.1, 0.15) is 0 Å². The van der Waals surface area contributed by atoms with E-state index in [9.17, 15) is 26.7 Å². The summed E-state index contributed by atoms with van der Waals surface area (Å²) >= 11 is 0. The van der Waals surface area contributed by atoms with E-state index in [0.29, 0.717) is 5.69 Å². The number of hydrogen-bond acceptors (Lipinski definition) is 6. The third-order valence-corrected chi connectivity index (χ3v) is 5.45. The maximum absolute atomic E-state index is 11.9. The Morgan fingerprint density at radius 3 is 2.15 bits per heavy atom. The van der Waals surface area contributed by atoms with Crippen LogP contribution in [0.15, 0.2) is 48.5 Å². The van der Waals surface area contributed by atoms with Crippen LogP contribution in [-0.2, 0) is 20.1 Å². The fraction of sp³-hybridized carbons (Fsp3) is 0.133. The fourth-order valence-electron chi connectivity index (χ4n) is 2.02. The summed E-state index contributed by atoms with van der Waals surface area (Å²) in [4.78, 5) is 11.5. The van der Waals surface area contributed by atoms with Crippen molar-refractivity contribution in [1.29, 1.82) is 0 Å². The van der Waals surface area contributed by atoms with Crippen LogP contribution >= 0.6 is 0 Å². The van der Waals surface area contributed by atoms with Crippen LogP contribution in [0.4, 0.5) is 17.1 Å². The zero-order valence-electron chi connectivity index (χ0n) is 13.3. The quantitative estimate of drug-likeness (QED) is 0.490. The number of nitrogens with one attached hydrogen (secondary N) is 2. The van der Waals surface area contributed by atoms with Gasteiger partial charge in [-0.1, -0.05) is 18.2 Å². The van der Waals surface area contributed by atoms with E-state index in [1.807, 2.05) is 0 Å². The van der Waals surface area contributed by atoms with Crippen molar-refractivity contribution >= 4 is 43.2 Å². The van der Waals surface area contributed by atoms with Crippen LogP contribution in [0.3, 0.4) is 0 Å². The molecule has 0 aliphatic carbocycles. The number of carbonyl (C=O) groups is 1. The number of rotatable bonds is 8. The Kier molecular flexibility index (Phi) is 5.85. The van der Waals surface area contributed by atoms with E-state index in [1.165, 1.54) is 12.1 Å². The van der Waals surface area contributed by atoms with Crippen molar-refractivity contribution in [3.63, 3.8) is 0 Å². The van der Waals surface area contributed by atoms with Gasteiger partial charge in [-0.25, -0.2) is 13.2 Å². The molecule has 9 nitrogen and oxygen atoms in total. The number of benzene rings is 2. The second-order valence-corrected chi connectivity index (χ2v) is 8.68. The molecule has 0 atom stereocenters. The van der Waals surface area contributed by atoms with Crippen molar-refractivity contribution in [2.45, 2.75) is 0 Å². The first-order valence-electron chi connectivity index (χ1n) is 7.21. The molecule has 0 saturated carbocycles. The molecule has 0 unspecified atom stereocenters. The average molecular weight is 400 g/mol. The smallest absolute Gasteiger partial charge is 0.337 e. The Morgan fingerprint density at radius 1 is 0.923 bits per heavy atom. The van der Waals surface area contributed by atoms with Gasteiger partial charge < -0.3 is 10.4 Å². The van der Waals surface area contributed by atoms with E-state index in [1.54, 1.807) is 30.3 Å². The van der Waals surface area contributed by atoms with Crippen molar-refractivity contribution < 1.29 is 31.3 Å². The predicted octanol–water partition coefficient (Wildman–Crippen LogP) is 1.76. The van der Waals surface area contributed by atoms with Crippen LogP contribution in [0.1, 0.15) is 10.4 Å². The van der Waals surface area contributed by atoms with Gasteiger partial charge in [0.05, 0.1) is 22.8 Å². The molecule has 0 saturated heterocycles. The molecule has 4 N–H and O–H groups in total. The molecular formula is C15H16N2O7S2. The highest BCUT2D eigenvalue weighted by molar-refractivity contribution is 7.94. The Morgan fingerprint density at radius 2 is 1.58 bits per heavy atom. The van der Waals surface area contributed by atoms with Crippen LogP contribution in [-0.4, -0.2) is 44.0 Å². The molecule has 0 radical (unpaired) electrons. The van der Waals surface area contributed by atoms with Gasteiger partial charge in [0.2, 0.25) is 10.0 Å². The lowest BCUT2D eigenvalue weighted by Crippen LogP contribution is -2.22. The Bertz CT molecular complexity index is 1000. The van der Waals surface area contributed by atoms with Gasteiger partial charge in [0.25, 0.3) is 10.1 Å². The van der Waals surface area contributed by atoms with Crippen LogP contribution in [0.2, 0.25) is 0 Å². The maximum atomic E-state index is 11.9. The average Bonchev–Trinajstić information content (AvgIpc) is 2.54. The third-order valence-electron chi connectivity index (χ3n) is 3.19. The molecule has 0 spiro atoms. The third kappa shape index (κ3) is 6.02. The highest BCUT2D eigenvalue weighted by atomic mass is 32.2. The van der Waals surface area contributed by atoms with Gasteiger partial charge in [-0.15, -0.1) is 0 Å². The molecule has 11 heteroatoms. The van der Waals surface area contributed by atoms with Gasteiger partial charge in [-0.3, -0.25) is 9.27 Å². The SMILES string of the molecule is O=C(O)c1cc(NS(=O)(=O)CCS(=O)(=O)O)ccc1Nc1ccccc1. The van der Waals surface area contributed by atoms with E-state index in [0.717, 1.165) is 6.07 Å². The Balaban J connectivity index is 2.24. The standard InChI is InChI=1S/C15H16N2O7S2/c18-15(19)13-10-12(17-25(20,21)8-9-26(22,23)24)6-7-14(13)16-11-4-2-1-3-5-11/h1-7,10,16-17H,8-9H2,(H,18,19)(H,22,23,24). The lowest BCUT2D eigenvalue weighted by atomic mass is 10.1. The molecule has 2 aromatic carbocycles. The zero-order chi connectivity index (χ0) is 19.4. The second-order valence-electron chi connectivity index (χ2n) is 5.26. The maximum Gasteiger partial charge on any atom is 0.337 e. The summed E-state index contributed by atoms with van der Waals surface area (Å²) in [5, 5.41) is 12.3. The Labute approximate surface area is 150 Å². The molecule has 0 aliphatic heterocycles. The van der Waals surface area contributed by atoms with E-state index in [-0.39, 0.29) is 16.9 Å². The van der Waals surface area contributed by atoms with Gasteiger partial charge in [-0.05, 0) is 30.3 Å². The molecule has 26 heavy (non-hydrogen) atoms. The van der Waals surface area contributed by atoms with E-state index in [2.05, 4.69) is 10.0 Å². The number of carboxylic acids is 1. The van der Waals surface area contributed by atoms with Crippen molar-refractivity contribution in [2.75, 3.05) is 21.5 Å². The largest absolute Gasteiger partial charge is 0.478 e. The van der Waals surface area contributed by atoms with Gasteiger partial charge in [0.15, 0.2) is 0 Å². The molecule has 0 bridgehead atoms. The molecule has 0 amide bonds. The summed E-state index contributed by atoms with van der Waals surface area (Å²) in [6, 6.07) is 12.6. The molecule has 2 rings (SSSR count). The molecule has 0 aliphatic rings. The summed E-state index contributed by atoms with van der Waals surface area (Å²) in [6.45, 7) is 0. The van der Waals surface area contributed by atoms with Crippen molar-refractivity contribution in [3.05, 3.63) is 54.1 Å². The van der Waals surface area contributed by atoms with Gasteiger partial charge >= 0.3 is 5.97 Å². The van der Waals surface area contributed by atoms with Crippen molar-refractivity contribution in [1.82, 2.24) is 0 Å². The summed E-state index contributed by atoms with van der Waals surface area (Å²) < 4.78 is 55.8.